The number of aromatic nitrogens is 1. The summed E-state index contributed by atoms with van der Waals surface area (Å²) in [6.45, 7) is 0.00319. The summed E-state index contributed by atoms with van der Waals surface area (Å²) >= 11 is 13.4. The van der Waals surface area contributed by atoms with Crippen molar-refractivity contribution in [1.29, 1.82) is 0 Å². The molecular formula is C17H14Cl2N2O2S. The number of H-pyrrole nitrogens is 1. The van der Waals surface area contributed by atoms with Crippen LogP contribution in [0.2, 0.25) is 9.36 Å². The van der Waals surface area contributed by atoms with Gasteiger partial charge >= 0.3 is 0 Å². The molecular weight excluding hydrogens is 367 g/mol. The molecule has 1 aliphatic rings. The minimum atomic E-state index is -0.207. The van der Waals surface area contributed by atoms with E-state index in [0.717, 1.165) is 16.7 Å². The molecule has 24 heavy (non-hydrogen) atoms. The number of carbonyl (C=O) groups excluding carboxylic acids is 1. The van der Waals surface area contributed by atoms with Gasteiger partial charge in [-0.3, -0.25) is 4.79 Å². The highest BCUT2D eigenvalue weighted by Gasteiger charge is 2.33. The van der Waals surface area contributed by atoms with Crippen LogP contribution in [0.15, 0.2) is 30.3 Å². The summed E-state index contributed by atoms with van der Waals surface area (Å²) in [7, 11) is 0. The molecule has 4 nitrogen and oxygen atoms in total. The lowest BCUT2D eigenvalue weighted by molar-refractivity contribution is 0.0922. The highest BCUT2D eigenvalue weighted by molar-refractivity contribution is 7.23. The lowest BCUT2D eigenvalue weighted by atomic mass is 9.99. The molecule has 0 aliphatic heterocycles. The van der Waals surface area contributed by atoms with E-state index in [-0.39, 0.29) is 24.5 Å². The van der Waals surface area contributed by atoms with Gasteiger partial charge in [-0.05, 0) is 23.6 Å². The molecule has 124 valence electrons. The molecule has 2 aromatic heterocycles. The van der Waals surface area contributed by atoms with Crippen molar-refractivity contribution in [2.45, 2.75) is 18.4 Å². The number of aromatic amines is 1. The van der Waals surface area contributed by atoms with Crippen LogP contribution in [-0.4, -0.2) is 28.6 Å². The second-order valence-corrected chi connectivity index (χ2v) is 7.92. The second kappa shape index (κ2) is 6.08. The molecule has 2 heterocycles. The van der Waals surface area contributed by atoms with Crippen LogP contribution in [0.4, 0.5) is 0 Å². The lowest BCUT2D eigenvalue weighted by Crippen LogP contribution is -2.39. The van der Waals surface area contributed by atoms with Crippen molar-refractivity contribution in [2.75, 3.05) is 6.61 Å². The monoisotopic (exact) mass is 380 g/mol. The third kappa shape index (κ3) is 2.52. The first-order chi connectivity index (χ1) is 11.6. The number of rotatable bonds is 3. The highest BCUT2D eigenvalue weighted by Crippen LogP contribution is 2.39. The number of amides is 1. The quantitative estimate of drug-likeness (QED) is 0.643. The van der Waals surface area contributed by atoms with E-state index in [2.05, 4.69) is 10.3 Å². The number of nitrogens with one attached hydrogen (secondary N) is 2. The molecule has 3 aromatic rings. The first-order valence-corrected chi connectivity index (χ1v) is 9.11. The molecule has 1 aliphatic carbocycles. The predicted octanol–water partition coefficient (Wildman–Crippen LogP) is 3.97. The van der Waals surface area contributed by atoms with E-state index >= 15 is 0 Å². The Labute approximate surface area is 152 Å². The van der Waals surface area contributed by atoms with Gasteiger partial charge in [0, 0.05) is 12.0 Å². The molecule has 0 saturated carbocycles. The first-order valence-electron chi connectivity index (χ1n) is 7.54. The van der Waals surface area contributed by atoms with E-state index in [9.17, 15) is 9.90 Å². The van der Waals surface area contributed by atoms with Gasteiger partial charge in [0.1, 0.15) is 10.0 Å². The normalized spacial score (nSPS) is 19.6. The molecule has 1 amide bonds. The van der Waals surface area contributed by atoms with E-state index in [1.54, 1.807) is 6.07 Å². The Morgan fingerprint density at radius 1 is 1.38 bits per heavy atom. The zero-order valence-electron chi connectivity index (χ0n) is 12.5. The van der Waals surface area contributed by atoms with E-state index < -0.39 is 0 Å². The van der Waals surface area contributed by atoms with Crippen molar-refractivity contribution >= 4 is 50.7 Å². The van der Waals surface area contributed by atoms with E-state index in [1.165, 1.54) is 16.9 Å². The van der Waals surface area contributed by atoms with Crippen molar-refractivity contribution in [1.82, 2.24) is 10.3 Å². The summed E-state index contributed by atoms with van der Waals surface area (Å²) in [6.07, 6.45) is 0.717. The smallest absolute Gasteiger partial charge is 0.268 e. The number of hydrogen-bond donors (Lipinski definition) is 3. The number of thiophene rings is 1. The number of aliphatic hydroxyl groups is 1. The van der Waals surface area contributed by atoms with Crippen molar-refractivity contribution < 1.29 is 9.90 Å². The van der Waals surface area contributed by atoms with Crippen LogP contribution in [0.3, 0.4) is 0 Å². The summed E-state index contributed by atoms with van der Waals surface area (Å²) in [5.41, 5.74) is 3.41. The minimum absolute atomic E-state index is 0.00319. The fraction of sp³-hybridized carbons (Fsp3) is 0.235. The van der Waals surface area contributed by atoms with Crippen LogP contribution in [0.5, 0.6) is 0 Å². The number of fused-ring (bicyclic) bond motifs is 2. The Bertz CT molecular complexity index is 934. The fourth-order valence-corrected chi connectivity index (χ4v) is 4.82. The molecule has 0 unspecified atom stereocenters. The van der Waals surface area contributed by atoms with Gasteiger partial charge in [-0.25, -0.2) is 0 Å². The summed E-state index contributed by atoms with van der Waals surface area (Å²) in [5.74, 6) is -0.291. The van der Waals surface area contributed by atoms with Crippen LogP contribution >= 0.6 is 34.5 Å². The first kappa shape index (κ1) is 16.0. The number of aliphatic hydroxyl groups excluding tert-OH is 1. The average Bonchev–Trinajstić information content (AvgIpc) is 3.21. The molecule has 1 aromatic carbocycles. The number of hydrogen-bond acceptors (Lipinski definition) is 3. The summed E-state index contributed by atoms with van der Waals surface area (Å²) in [5, 5.41) is 13.2. The summed E-state index contributed by atoms with van der Waals surface area (Å²) < 4.78 is 1.36. The molecule has 0 fully saturated rings. The Kier molecular flexibility index (Phi) is 4.04. The van der Waals surface area contributed by atoms with Crippen molar-refractivity contribution in [2.24, 2.45) is 0 Å². The second-order valence-electron chi connectivity index (χ2n) is 5.88. The fourth-order valence-electron chi connectivity index (χ4n) is 3.34. The standard InChI is InChI=1S/C17H14Cl2N2O2S/c18-14-15-13(24-16(14)19)6-12(20-15)17(23)21-11-5-8-3-1-2-4-9(8)10(11)7-22/h1-4,6,10-11,20,22H,5,7H2,(H,21,23)/t10-,11+/m0/s1. The summed E-state index contributed by atoms with van der Waals surface area (Å²) in [4.78, 5) is 15.6. The zero-order valence-corrected chi connectivity index (χ0v) is 14.8. The van der Waals surface area contributed by atoms with Crippen LogP contribution < -0.4 is 5.32 Å². The maximum absolute atomic E-state index is 12.6. The van der Waals surface area contributed by atoms with Crippen LogP contribution in [0.1, 0.15) is 27.5 Å². The van der Waals surface area contributed by atoms with Gasteiger partial charge in [0.2, 0.25) is 0 Å². The van der Waals surface area contributed by atoms with E-state index in [0.29, 0.717) is 20.6 Å². The van der Waals surface area contributed by atoms with Gasteiger partial charge in [-0.1, -0.05) is 47.5 Å². The molecule has 0 spiro atoms. The summed E-state index contributed by atoms with van der Waals surface area (Å²) in [6, 6.07) is 9.60. The predicted molar refractivity (Wildman–Crippen MR) is 97.4 cm³/mol. The maximum atomic E-state index is 12.6. The van der Waals surface area contributed by atoms with Crippen molar-refractivity contribution in [3.8, 4) is 0 Å². The molecule has 0 radical (unpaired) electrons. The third-order valence-corrected chi connectivity index (χ3v) is 6.44. The topological polar surface area (TPSA) is 65.1 Å². The number of benzene rings is 1. The maximum Gasteiger partial charge on any atom is 0.268 e. The molecule has 3 N–H and O–H groups in total. The lowest BCUT2D eigenvalue weighted by Gasteiger charge is -2.19. The minimum Gasteiger partial charge on any atom is -0.396 e. The molecule has 0 saturated heterocycles. The van der Waals surface area contributed by atoms with Crippen LogP contribution in [0, 0.1) is 0 Å². The van der Waals surface area contributed by atoms with Gasteiger partial charge < -0.3 is 15.4 Å². The van der Waals surface area contributed by atoms with E-state index in [1.807, 2.05) is 24.3 Å². The van der Waals surface area contributed by atoms with Gasteiger partial charge in [-0.15, -0.1) is 11.3 Å². The molecule has 4 rings (SSSR count). The van der Waals surface area contributed by atoms with Crippen LogP contribution in [0.25, 0.3) is 10.2 Å². The Morgan fingerprint density at radius 3 is 2.92 bits per heavy atom. The average molecular weight is 381 g/mol. The molecule has 2 atom stereocenters. The number of halogens is 2. The third-order valence-electron chi connectivity index (χ3n) is 4.51. The van der Waals surface area contributed by atoms with Gasteiger partial charge in [0.15, 0.2) is 0 Å². The SMILES string of the molecule is O=C(N[C@@H]1Cc2ccccc2[C@@H]1CO)c1cc2sc(Cl)c(Cl)c2[nH]1. The number of carbonyl (C=O) groups is 1. The zero-order chi connectivity index (χ0) is 16.8. The van der Waals surface area contributed by atoms with Gasteiger partial charge in [0.05, 0.1) is 21.8 Å². The highest BCUT2D eigenvalue weighted by atomic mass is 35.5. The van der Waals surface area contributed by atoms with Gasteiger partial charge in [-0.2, -0.15) is 0 Å². The molecule has 7 heteroatoms. The van der Waals surface area contributed by atoms with E-state index in [4.69, 9.17) is 23.2 Å². The Hall–Kier alpha value is -1.53. The Balaban J connectivity index is 1.57. The van der Waals surface area contributed by atoms with Crippen molar-refractivity contribution in [3.63, 3.8) is 0 Å². The van der Waals surface area contributed by atoms with Crippen molar-refractivity contribution in [3.05, 3.63) is 56.5 Å². The largest absolute Gasteiger partial charge is 0.396 e. The Morgan fingerprint density at radius 2 is 2.17 bits per heavy atom. The molecule has 0 bridgehead atoms. The van der Waals surface area contributed by atoms with Gasteiger partial charge in [0.25, 0.3) is 5.91 Å². The van der Waals surface area contributed by atoms with Crippen LogP contribution in [-0.2, 0) is 6.42 Å².